The minimum atomic E-state index is -3.73. The molecule has 1 aliphatic rings. The maximum absolute atomic E-state index is 11.5. The fourth-order valence-corrected chi connectivity index (χ4v) is 2.76. The molecule has 1 heterocycles. The highest BCUT2D eigenvalue weighted by atomic mass is 32.2. The molecule has 0 spiro atoms. The Bertz CT molecular complexity index is 631. The Kier molecular flexibility index (Phi) is 4.30. The number of ether oxygens (including phenoxy) is 2. The van der Waals surface area contributed by atoms with Gasteiger partial charge in [-0.3, -0.25) is 0 Å². The lowest BCUT2D eigenvalue weighted by Crippen LogP contribution is -2.45. The highest BCUT2D eigenvalue weighted by molar-refractivity contribution is 7.89. The monoisotopic (exact) mass is 314 g/mol. The number of anilines is 1. The summed E-state index contributed by atoms with van der Waals surface area (Å²) in [7, 11) is -3.73. The van der Waals surface area contributed by atoms with Gasteiger partial charge in [0, 0.05) is 5.69 Å². The van der Waals surface area contributed by atoms with Crippen molar-refractivity contribution in [1.82, 2.24) is 0 Å². The Balaban J connectivity index is 2.22. The fourth-order valence-electron chi connectivity index (χ4n) is 2.14. The van der Waals surface area contributed by atoms with Gasteiger partial charge in [-0.2, -0.15) is 0 Å². The lowest BCUT2D eigenvalue weighted by atomic mass is 10.1. The quantitative estimate of drug-likeness (QED) is 0.882. The standard InChI is InChI=1S/C14H22N2O4S/c1-9-5-12(21(15,17)18)6-13(10(9)2)16-11-7-19-14(3,4)20-8-11/h5-6,11,16H,7-8H2,1-4H3,(H2,15,17,18). The van der Waals surface area contributed by atoms with E-state index in [2.05, 4.69) is 5.32 Å². The molecule has 0 bridgehead atoms. The predicted molar refractivity (Wildman–Crippen MR) is 80.7 cm³/mol. The molecule has 1 aromatic rings. The summed E-state index contributed by atoms with van der Waals surface area (Å²) in [5.74, 6) is -0.578. The van der Waals surface area contributed by atoms with Crippen molar-refractivity contribution in [1.29, 1.82) is 0 Å². The third-order valence-corrected chi connectivity index (χ3v) is 4.49. The first-order chi connectivity index (χ1) is 9.58. The molecule has 0 radical (unpaired) electrons. The Morgan fingerprint density at radius 3 is 2.33 bits per heavy atom. The van der Waals surface area contributed by atoms with E-state index in [1.807, 2.05) is 27.7 Å². The average molecular weight is 314 g/mol. The molecule has 118 valence electrons. The van der Waals surface area contributed by atoms with E-state index in [9.17, 15) is 8.42 Å². The molecule has 3 N–H and O–H groups in total. The molecule has 0 amide bonds. The third-order valence-electron chi connectivity index (χ3n) is 3.59. The van der Waals surface area contributed by atoms with Crippen LogP contribution in [0.5, 0.6) is 0 Å². The van der Waals surface area contributed by atoms with Gasteiger partial charge in [0.25, 0.3) is 0 Å². The molecule has 0 aliphatic carbocycles. The smallest absolute Gasteiger partial charge is 0.238 e. The van der Waals surface area contributed by atoms with Gasteiger partial charge in [0.15, 0.2) is 5.79 Å². The molecule has 1 fully saturated rings. The van der Waals surface area contributed by atoms with Crippen LogP contribution in [0, 0.1) is 13.8 Å². The average Bonchev–Trinajstić information content (AvgIpc) is 2.35. The van der Waals surface area contributed by atoms with Crippen molar-refractivity contribution in [2.75, 3.05) is 18.5 Å². The van der Waals surface area contributed by atoms with Gasteiger partial charge in [-0.05, 0) is 51.0 Å². The van der Waals surface area contributed by atoms with E-state index < -0.39 is 15.8 Å². The zero-order chi connectivity index (χ0) is 15.8. The van der Waals surface area contributed by atoms with Gasteiger partial charge >= 0.3 is 0 Å². The second-order valence-corrected chi connectivity index (χ2v) is 7.38. The van der Waals surface area contributed by atoms with Crippen molar-refractivity contribution in [3.8, 4) is 0 Å². The molecule has 0 aromatic heterocycles. The summed E-state index contributed by atoms with van der Waals surface area (Å²) in [6.07, 6.45) is 0. The number of hydrogen-bond donors (Lipinski definition) is 2. The number of primary sulfonamides is 1. The maximum atomic E-state index is 11.5. The number of nitrogens with one attached hydrogen (secondary N) is 1. The van der Waals surface area contributed by atoms with Gasteiger partial charge in [-0.15, -0.1) is 0 Å². The summed E-state index contributed by atoms with van der Waals surface area (Å²) < 4.78 is 34.2. The zero-order valence-corrected chi connectivity index (χ0v) is 13.6. The van der Waals surface area contributed by atoms with Crippen LogP contribution in [0.3, 0.4) is 0 Å². The van der Waals surface area contributed by atoms with Crippen molar-refractivity contribution in [3.05, 3.63) is 23.3 Å². The summed E-state index contributed by atoms with van der Waals surface area (Å²) >= 11 is 0. The number of aryl methyl sites for hydroxylation is 1. The van der Waals surface area contributed by atoms with Crippen LogP contribution in [0.15, 0.2) is 17.0 Å². The minimum Gasteiger partial charge on any atom is -0.377 e. The second kappa shape index (κ2) is 5.57. The van der Waals surface area contributed by atoms with E-state index in [0.29, 0.717) is 13.2 Å². The zero-order valence-electron chi connectivity index (χ0n) is 12.8. The summed E-state index contributed by atoms with van der Waals surface area (Å²) in [6, 6.07) is 3.09. The van der Waals surface area contributed by atoms with Gasteiger partial charge in [0.2, 0.25) is 10.0 Å². The molecule has 21 heavy (non-hydrogen) atoms. The highest BCUT2D eigenvalue weighted by Crippen LogP contribution is 2.26. The van der Waals surface area contributed by atoms with Crippen LogP contribution in [-0.2, 0) is 19.5 Å². The molecular weight excluding hydrogens is 292 g/mol. The fraction of sp³-hybridized carbons (Fsp3) is 0.571. The number of rotatable bonds is 3. The first-order valence-electron chi connectivity index (χ1n) is 6.77. The minimum absolute atomic E-state index is 0.0353. The first-order valence-corrected chi connectivity index (χ1v) is 8.31. The third kappa shape index (κ3) is 3.94. The van der Waals surface area contributed by atoms with Crippen LogP contribution >= 0.6 is 0 Å². The SMILES string of the molecule is Cc1cc(S(N)(=O)=O)cc(NC2COC(C)(C)OC2)c1C. The molecule has 0 atom stereocenters. The van der Waals surface area contributed by atoms with Crippen LogP contribution < -0.4 is 10.5 Å². The summed E-state index contributed by atoms with van der Waals surface area (Å²) in [5, 5.41) is 8.48. The normalized spacial score (nSPS) is 19.5. The first kappa shape index (κ1) is 16.2. The highest BCUT2D eigenvalue weighted by Gasteiger charge is 2.28. The molecule has 6 nitrogen and oxygen atoms in total. The van der Waals surface area contributed by atoms with E-state index in [1.165, 1.54) is 0 Å². The maximum Gasteiger partial charge on any atom is 0.238 e. The van der Waals surface area contributed by atoms with Gasteiger partial charge in [-0.1, -0.05) is 0 Å². The lowest BCUT2D eigenvalue weighted by Gasteiger charge is -2.36. The van der Waals surface area contributed by atoms with Crippen molar-refractivity contribution in [2.45, 2.75) is 44.4 Å². The van der Waals surface area contributed by atoms with Gasteiger partial charge in [-0.25, -0.2) is 13.6 Å². The Morgan fingerprint density at radius 1 is 1.24 bits per heavy atom. The molecule has 2 rings (SSSR count). The van der Waals surface area contributed by atoms with E-state index in [-0.39, 0.29) is 10.9 Å². The number of sulfonamides is 1. The van der Waals surface area contributed by atoms with E-state index in [4.69, 9.17) is 14.6 Å². The van der Waals surface area contributed by atoms with Crippen molar-refractivity contribution in [3.63, 3.8) is 0 Å². The molecule has 1 aliphatic heterocycles. The predicted octanol–water partition coefficient (Wildman–Crippen LogP) is 1.51. The topological polar surface area (TPSA) is 90.7 Å². The van der Waals surface area contributed by atoms with Gasteiger partial charge in [0.1, 0.15) is 0 Å². The van der Waals surface area contributed by atoms with Gasteiger partial charge < -0.3 is 14.8 Å². The Morgan fingerprint density at radius 2 is 1.81 bits per heavy atom. The van der Waals surface area contributed by atoms with Gasteiger partial charge in [0.05, 0.1) is 24.2 Å². The number of hydrogen-bond acceptors (Lipinski definition) is 5. The summed E-state index contributed by atoms with van der Waals surface area (Å²) in [4.78, 5) is 0.103. The molecule has 1 saturated heterocycles. The van der Waals surface area contributed by atoms with Crippen LogP contribution in [0.4, 0.5) is 5.69 Å². The van der Waals surface area contributed by atoms with E-state index >= 15 is 0 Å². The number of benzene rings is 1. The summed E-state index contributed by atoms with van der Waals surface area (Å²) in [5.41, 5.74) is 2.57. The van der Waals surface area contributed by atoms with Crippen molar-refractivity contribution < 1.29 is 17.9 Å². The van der Waals surface area contributed by atoms with Crippen LogP contribution in [-0.4, -0.2) is 33.5 Å². The molecular formula is C14H22N2O4S. The molecule has 0 saturated carbocycles. The molecule has 1 aromatic carbocycles. The number of nitrogens with two attached hydrogens (primary N) is 1. The van der Waals surface area contributed by atoms with Crippen LogP contribution in [0.25, 0.3) is 0 Å². The van der Waals surface area contributed by atoms with Crippen LogP contribution in [0.1, 0.15) is 25.0 Å². The molecule has 0 unspecified atom stereocenters. The molecule has 7 heteroatoms. The largest absolute Gasteiger partial charge is 0.377 e. The lowest BCUT2D eigenvalue weighted by molar-refractivity contribution is -0.247. The van der Waals surface area contributed by atoms with Crippen LogP contribution in [0.2, 0.25) is 0 Å². The Labute approximate surface area is 125 Å². The van der Waals surface area contributed by atoms with E-state index in [1.54, 1.807) is 12.1 Å². The van der Waals surface area contributed by atoms with Crippen molar-refractivity contribution in [2.24, 2.45) is 5.14 Å². The summed E-state index contributed by atoms with van der Waals surface area (Å²) in [6.45, 7) is 8.49. The second-order valence-electron chi connectivity index (χ2n) is 5.82. The van der Waals surface area contributed by atoms with Crippen molar-refractivity contribution >= 4 is 15.7 Å². The Hall–Kier alpha value is -1.15. The van der Waals surface area contributed by atoms with E-state index in [0.717, 1.165) is 16.8 Å².